The van der Waals surface area contributed by atoms with Crippen molar-refractivity contribution in [2.24, 2.45) is 0 Å². The number of nitrogens with one attached hydrogen (secondary N) is 1. The SMILES string of the molecule is C(#CCN1CCNCC1)Cc1ccc2c(c1)OCO2. The van der Waals surface area contributed by atoms with E-state index >= 15 is 0 Å². The minimum Gasteiger partial charge on any atom is -0.454 e. The van der Waals surface area contributed by atoms with Gasteiger partial charge in [0.15, 0.2) is 11.5 Å². The molecular weight excluding hydrogens is 240 g/mol. The largest absolute Gasteiger partial charge is 0.454 e. The zero-order valence-electron chi connectivity index (χ0n) is 10.9. The van der Waals surface area contributed by atoms with Gasteiger partial charge in [0.2, 0.25) is 6.79 Å². The fourth-order valence-corrected chi connectivity index (χ4v) is 2.25. The number of piperazine rings is 1. The number of hydrogen-bond donors (Lipinski definition) is 1. The van der Waals surface area contributed by atoms with Gasteiger partial charge in [-0.25, -0.2) is 0 Å². The minimum atomic E-state index is 0.327. The van der Waals surface area contributed by atoms with Crippen LogP contribution >= 0.6 is 0 Å². The van der Waals surface area contributed by atoms with E-state index in [-0.39, 0.29) is 0 Å². The second kappa shape index (κ2) is 5.96. The molecule has 0 amide bonds. The van der Waals surface area contributed by atoms with Gasteiger partial charge in [-0.05, 0) is 17.7 Å². The molecule has 0 saturated carbocycles. The van der Waals surface area contributed by atoms with E-state index in [0.717, 1.165) is 50.6 Å². The van der Waals surface area contributed by atoms with Gasteiger partial charge in [-0.1, -0.05) is 17.9 Å². The predicted octanol–water partition coefficient (Wildman–Crippen LogP) is 0.866. The fraction of sp³-hybridized carbons (Fsp3) is 0.467. The maximum atomic E-state index is 5.35. The molecule has 1 saturated heterocycles. The van der Waals surface area contributed by atoms with E-state index in [0.29, 0.717) is 6.79 Å². The number of nitrogens with zero attached hydrogens (tertiary/aromatic N) is 1. The molecule has 1 aromatic carbocycles. The third-order valence-corrected chi connectivity index (χ3v) is 3.37. The van der Waals surface area contributed by atoms with Crippen LogP contribution in [0.5, 0.6) is 11.5 Å². The lowest BCUT2D eigenvalue weighted by Crippen LogP contribution is -2.43. The summed E-state index contributed by atoms with van der Waals surface area (Å²) in [6.07, 6.45) is 0.767. The Morgan fingerprint density at radius 1 is 1.11 bits per heavy atom. The van der Waals surface area contributed by atoms with Crippen LogP contribution in [-0.2, 0) is 6.42 Å². The Kier molecular flexibility index (Phi) is 3.87. The highest BCUT2D eigenvalue weighted by Crippen LogP contribution is 2.32. The van der Waals surface area contributed by atoms with Gasteiger partial charge in [-0.2, -0.15) is 0 Å². The Hall–Kier alpha value is -1.70. The van der Waals surface area contributed by atoms with Crippen LogP contribution in [-0.4, -0.2) is 44.4 Å². The van der Waals surface area contributed by atoms with Crippen molar-refractivity contribution in [2.45, 2.75) is 6.42 Å². The summed E-state index contributed by atoms with van der Waals surface area (Å²) in [5, 5.41) is 3.34. The topological polar surface area (TPSA) is 33.7 Å². The highest BCUT2D eigenvalue weighted by atomic mass is 16.7. The van der Waals surface area contributed by atoms with Crippen LogP contribution in [0, 0.1) is 11.8 Å². The van der Waals surface area contributed by atoms with Gasteiger partial charge in [-0.3, -0.25) is 4.90 Å². The van der Waals surface area contributed by atoms with Crippen LogP contribution in [0.25, 0.3) is 0 Å². The van der Waals surface area contributed by atoms with Crippen molar-refractivity contribution >= 4 is 0 Å². The minimum absolute atomic E-state index is 0.327. The van der Waals surface area contributed by atoms with Gasteiger partial charge < -0.3 is 14.8 Å². The van der Waals surface area contributed by atoms with Gasteiger partial charge in [0, 0.05) is 32.6 Å². The van der Waals surface area contributed by atoms with Gasteiger partial charge >= 0.3 is 0 Å². The molecule has 4 nitrogen and oxygen atoms in total. The van der Waals surface area contributed by atoms with E-state index in [4.69, 9.17) is 9.47 Å². The molecule has 0 spiro atoms. The van der Waals surface area contributed by atoms with E-state index in [1.165, 1.54) is 5.56 Å². The fourth-order valence-electron chi connectivity index (χ4n) is 2.25. The maximum absolute atomic E-state index is 5.35. The zero-order valence-corrected chi connectivity index (χ0v) is 10.9. The zero-order chi connectivity index (χ0) is 12.9. The van der Waals surface area contributed by atoms with Crippen LogP contribution in [0.3, 0.4) is 0 Å². The van der Waals surface area contributed by atoms with Crippen molar-refractivity contribution in [2.75, 3.05) is 39.5 Å². The van der Waals surface area contributed by atoms with E-state index in [1.807, 2.05) is 18.2 Å². The van der Waals surface area contributed by atoms with Gasteiger partial charge in [0.05, 0.1) is 6.54 Å². The number of fused-ring (bicyclic) bond motifs is 1. The molecule has 0 atom stereocenters. The van der Waals surface area contributed by atoms with Crippen LogP contribution in [0.2, 0.25) is 0 Å². The third kappa shape index (κ3) is 3.19. The maximum Gasteiger partial charge on any atom is 0.231 e. The lowest BCUT2D eigenvalue weighted by atomic mass is 10.1. The molecule has 1 N–H and O–H groups in total. The Morgan fingerprint density at radius 2 is 1.95 bits per heavy atom. The quantitative estimate of drug-likeness (QED) is 0.798. The average molecular weight is 258 g/mol. The Balaban J connectivity index is 1.51. The number of hydrogen-bond acceptors (Lipinski definition) is 4. The van der Waals surface area contributed by atoms with Crippen molar-refractivity contribution in [1.29, 1.82) is 0 Å². The summed E-state index contributed by atoms with van der Waals surface area (Å²) in [4.78, 5) is 2.38. The van der Waals surface area contributed by atoms with Crippen LogP contribution in [0.4, 0.5) is 0 Å². The first-order chi connectivity index (χ1) is 9.42. The van der Waals surface area contributed by atoms with Crippen LogP contribution < -0.4 is 14.8 Å². The van der Waals surface area contributed by atoms with Crippen molar-refractivity contribution in [3.63, 3.8) is 0 Å². The van der Waals surface area contributed by atoms with Gasteiger partial charge in [0.25, 0.3) is 0 Å². The predicted molar refractivity (Wildman–Crippen MR) is 73.4 cm³/mol. The molecule has 0 bridgehead atoms. The average Bonchev–Trinajstić information content (AvgIpc) is 2.92. The van der Waals surface area contributed by atoms with Gasteiger partial charge in [0.1, 0.15) is 0 Å². The molecule has 19 heavy (non-hydrogen) atoms. The Labute approximate surface area is 113 Å². The summed E-state index contributed by atoms with van der Waals surface area (Å²) in [6.45, 7) is 5.53. The summed E-state index contributed by atoms with van der Waals surface area (Å²) < 4.78 is 10.6. The molecule has 2 heterocycles. The second-order valence-corrected chi connectivity index (χ2v) is 4.74. The van der Waals surface area contributed by atoms with Crippen molar-refractivity contribution in [1.82, 2.24) is 10.2 Å². The molecule has 1 fully saturated rings. The molecule has 4 heteroatoms. The summed E-state index contributed by atoms with van der Waals surface area (Å²) in [5.41, 5.74) is 1.18. The highest BCUT2D eigenvalue weighted by Gasteiger charge is 2.12. The third-order valence-electron chi connectivity index (χ3n) is 3.37. The first kappa shape index (κ1) is 12.3. The van der Waals surface area contributed by atoms with E-state index in [2.05, 4.69) is 22.1 Å². The number of ether oxygens (including phenoxy) is 2. The highest BCUT2D eigenvalue weighted by molar-refractivity contribution is 5.45. The van der Waals surface area contributed by atoms with Crippen LogP contribution in [0.1, 0.15) is 5.56 Å². The number of benzene rings is 1. The summed E-state index contributed by atoms with van der Waals surface area (Å²) in [7, 11) is 0. The standard InChI is InChI=1S/C15H18N2O2/c1(2-8-17-9-6-16-7-10-17)3-13-4-5-14-15(11-13)19-12-18-14/h4-5,11,16H,3,6-10,12H2. The smallest absolute Gasteiger partial charge is 0.231 e. The molecule has 3 rings (SSSR count). The monoisotopic (exact) mass is 258 g/mol. The molecule has 100 valence electrons. The molecule has 1 aromatic rings. The van der Waals surface area contributed by atoms with Crippen molar-refractivity contribution in [3.05, 3.63) is 23.8 Å². The summed E-state index contributed by atoms with van der Waals surface area (Å²) in [6, 6.07) is 6.02. The van der Waals surface area contributed by atoms with Gasteiger partial charge in [-0.15, -0.1) is 0 Å². The second-order valence-electron chi connectivity index (χ2n) is 4.74. The summed E-state index contributed by atoms with van der Waals surface area (Å²) >= 11 is 0. The normalized spacial score (nSPS) is 17.9. The molecule has 0 aliphatic carbocycles. The molecule has 2 aliphatic heterocycles. The Morgan fingerprint density at radius 3 is 2.84 bits per heavy atom. The van der Waals surface area contributed by atoms with E-state index in [9.17, 15) is 0 Å². The Bertz CT molecular complexity index is 499. The molecule has 0 aromatic heterocycles. The lowest BCUT2D eigenvalue weighted by molar-refractivity contribution is 0.174. The lowest BCUT2D eigenvalue weighted by Gasteiger charge is -2.24. The molecule has 0 radical (unpaired) electrons. The molecule has 2 aliphatic rings. The van der Waals surface area contributed by atoms with Crippen molar-refractivity contribution in [3.8, 4) is 23.3 Å². The molecule has 0 unspecified atom stereocenters. The van der Waals surface area contributed by atoms with Crippen LogP contribution in [0.15, 0.2) is 18.2 Å². The summed E-state index contributed by atoms with van der Waals surface area (Å²) in [5.74, 6) is 8.14. The van der Waals surface area contributed by atoms with E-state index < -0.39 is 0 Å². The molecular formula is C15H18N2O2. The first-order valence-corrected chi connectivity index (χ1v) is 6.69. The number of rotatable bonds is 2. The van der Waals surface area contributed by atoms with Crippen molar-refractivity contribution < 1.29 is 9.47 Å². The first-order valence-electron chi connectivity index (χ1n) is 6.69. The van der Waals surface area contributed by atoms with E-state index in [1.54, 1.807) is 0 Å².